The topological polar surface area (TPSA) is 49.3 Å². The largest absolute Gasteiger partial charge is 0.426 e. The molecule has 1 atom stereocenters. The quantitative estimate of drug-likeness (QED) is 0.784. The first-order chi connectivity index (χ1) is 10.1. The predicted molar refractivity (Wildman–Crippen MR) is 80.2 cm³/mol. The van der Waals surface area contributed by atoms with Gasteiger partial charge in [0.2, 0.25) is 5.60 Å². The zero-order valence-corrected chi connectivity index (χ0v) is 13.3. The first-order valence-electron chi connectivity index (χ1n) is 6.64. The highest BCUT2D eigenvalue weighted by atomic mass is 35.5. The highest BCUT2D eigenvalue weighted by Crippen LogP contribution is 2.37. The second-order valence-electron chi connectivity index (χ2n) is 5.42. The van der Waals surface area contributed by atoms with E-state index in [1.54, 1.807) is 23.9 Å². The Labute approximate surface area is 135 Å². The van der Waals surface area contributed by atoms with Crippen molar-refractivity contribution in [2.45, 2.75) is 36.4 Å². The van der Waals surface area contributed by atoms with E-state index in [0.717, 1.165) is 16.6 Å². The van der Waals surface area contributed by atoms with Crippen LogP contribution in [0.15, 0.2) is 23.1 Å². The maximum Gasteiger partial charge on any atom is 0.426 e. The fourth-order valence-electron chi connectivity index (χ4n) is 1.56. The molecule has 1 amide bonds. The van der Waals surface area contributed by atoms with Crippen LogP contribution in [-0.2, 0) is 4.79 Å². The van der Waals surface area contributed by atoms with E-state index in [4.69, 9.17) is 11.6 Å². The molecule has 8 heteroatoms. The summed E-state index contributed by atoms with van der Waals surface area (Å²) < 4.78 is 37.8. The predicted octanol–water partition coefficient (Wildman–Crippen LogP) is 4.09. The van der Waals surface area contributed by atoms with Gasteiger partial charge in [0.1, 0.15) is 0 Å². The minimum absolute atomic E-state index is 0.0342. The lowest BCUT2D eigenvalue weighted by atomic mass is 10.1. The lowest BCUT2D eigenvalue weighted by Gasteiger charge is -2.25. The van der Waals surface area contributed by atoms with Gasteiger partial charge < -0.3 is 10.4 Å². The number of carbonyl (C=O) groups excluding carboxylic acids is 1. The third-order valence-electron chi connectivity index (χ3n) is 3.37. The van der Waals surface area contributed by atoms with E-state index in [1.165, 1.54) is 18.9 Å². The molecule has 1 aliphatic rings. The summed E-state index contributed by atoms with van der Waals surface area (Å²) in [6, 6.07) is 4.70. The molecule has 2 rings (SSSR count). The van der Waals surface area contributed by atoms with E-state index in [1.807, 2.05) is 5.32 Å². The van der Waals surface area contributed by atoms with Gasteiger partial charge in [0.15, 0.2) is 0 Å². The van der Waals surface area contributed by atoms with Crippen molar-refractivity contribution in [2.75, 3.05) is 11.1 Å². The number of benzene rings is 1. The molecule has 1 aromatic carbocycles. The summed E-state index contributed by atoms with van der Waals surface area (Å²) in [4.78, 5) is 12.5. The smallest absolute Gasteiger partial charge is 0.373 e. The van der Waals surface area contributed by atoms with Crippen molar-refractivity contribution in [2.24, 2.45) is 5.92 Å². The van der Waals surface area contributed by atoms with E-state index in [0.29, 0.717) is 6.92 Å². The zero-order chi connectivity index (χ0) is 16.5. The van der Waals surface area contributed by atoms with Crippen molar-refractivity contribution in [1.82, 2.24) is 0 Å². The standard InChI is InChI=1S/C14H15ClF3NO2S/c1-13(21,14(16,17)18)12(20)19-11-5-4-9(6-10(11)15)22-7-8-2-3-8/h4-6,8,21H,2-3,7H2,1H3,(H,19,20)/t13-/m1/s1. The van der Waals surface area contributed by atoms with Gasteiger partial charge in [0.05, 0.1) is 10.7 Å². The van der Waals surface area contributed by atoms with Gasteiger partial charge in [-0.1, -0.05) is 11.6 Å². The van der Waals surface area contributed by atoms with Crippen LogP contribution in [0.25, 0.3) is 0 Å². The Bertz CT molecular complexity index is 574. The lowest BCUT2D eigenvalue weighted by molar-refractivity contribution is -0.242. The number of halogens is 4. The first-order valence-corrected chi connectivity index (χ1v) is 8.00. The number of anilines is 1. The Morgan fingerprint density at radius 3 is 2.59 bits per heavy atom. The summed E-state index contributed by atoms with van der Waals surface area (Å²) in [5.41, 5.74) is -3.44. The fourth-order valence-corrected chi connectivity index (χ4v) is 2.98. The number of thioether (sulfide) groups is 1. The molecule has 0 bridgehead atoms. The SMILES string of the molecule is C[C@@](O)(C(=O)Nc1ccc(SCC2CC2)cc1Cl)C(F)(F)F. The average molecular weight is 354 g/mol. The summed E-state index contributed by atoms with van der Waals surface area (Å²) in [5, 5.41) is 11.4. The number of hydrogen-bond donors (Lipinski definition) is 2. The highest BCUT2D eigenvalue weighted by molar-refractivity contribution is 7.99. The number of amides is 1. The van der Waals surface area contributed by atoms with Crippen molar-refractivity contribution >= 4 is 35.0 Å². The number of rotatable bonds is 5. The van der Waals surface area contributed by atoms with Crippen LogP contribution >= 0.6 is 23.4 Å². The van der Waals surface area contributed by atoms with E-state index in [2.05, 4.69) is 0 Å². The Balaban J connectivity index is 2.04. The van der Waals surface area contributed by atoms with Crippen molar-refractivity contribution in [3.05, 3.63) is 23.2 Å². The molecule has 2 N–H and O–H groups in total. The number of aliphatic hydroxyl groups is 1. The molecule has 22 heavy (non-hydrogen) atoms. The van der Waals surface area contributed by atoms with Gasteiger partial charge >= 0.3 is 6.18 Å². The summed E-state index contributed by atoms with van der Waals surface area (Å²) in [6.07, 6.45) is -2.62. The molecule has 1 aliphatic carbocycles. The molecule has 0 aromatic heterocycles. The van der Waals surface area contributed by atoms with Crippen LogP contribution in [0.1, 0.15) is 19.8 Å². The van der Waals surface area contributed by atoms with Crippen molar-refractivity contribution < 1.29 is 23.1 Å². The molecular weight excluding hydrogens is 339 g/mol. The number of carbonyl (C=O) groups is 1. The molecular formula is C14H15ClF3NO2S. The molecule has 0 radical (unpaired) electrons. The van der Waals surface area contributed by atoms with Crippen LogP contribution < -0.4 is 5.32 Å². The second-order valence-corrected chi connectivity index (χ2v) is 6.92. The minimum Gasteiger partial charge on any atom is -0.373 e. The average Bonchev–Trinajstić information content (AvgIpc) is 3.21. The molecule has 0 unspecified atom stereocenters. The van der Waals surface area contributed by atoms with Crippen molar-refractivity contribution in [1.29, 1.82) is 0 Å². The van der Waals surface area contributed by atoms with Gasteiger partial charge in [0.25, 0.3) is 5.91 Å². The van der Waals surface area contributed by atoms with Crippen LogP contribution in [0, 0.1) is 5.92 Å². The molecule has 1 saturated carbocycles. The summed E-state index contributed by atoms with van der Waals surface area (Å²) >= 11 is 7.59. The Hall–Kier alpha value is -0.920. The number of nitrogens with one attached hydrogen (secondary N) is 1. The maximum atomic E-state index is 12.6. The zero-order valence-electron chi connectivity index (χ0n) is 11.7. The normalized spacial score (nSPS) is 17.9. The molecule has 0 aliphatic heterocycles. The highest BCUT2D eigenvalue weighted by Gasteiger charge is 2.55. The number of hydrogen-bond acceptors (Lipinski definition) is 3. The van der Waals surface area contributed by atoms with E-state index >= 15 is 0 Å². The first kappa shape index (κ1) is 17.4. The van der Waals surface area contributed by atoms with Crippen LogP contribution in [0.3, 0.4) is 0 Å². The Morgan fingerprint density at radius 1 is 1.45 bits per heavy atom. The molecule has 1 fully saturated rings. The molecule has 122 valence electrons. The summed E-state index contributed by atoms with van der Waals surface area (Å²) in [5.74, 6) is 0.135. The minimum atomic E-state index is -5.07. The van der Waals surface area contributed by atoms with Gasteiger partial charge in [-0.2, -0.15) is 13.2 Å². The van der Waals surface area contributed by atoms with Crippen molar-refractivity contribution in [3.63, 3.8) is 0 Å². The van der Waals surface area contributed by atoms with Gasteiger partial charge in [-0.25, -0.2) is 0 Å². The van der Waals surface area contributed by atoms with Crippen LogP contribution in [0.2, 0.25) is 5.02 Å². The summed E-state index contributed by atoms with van der Waals surface area (Å²) in [6.45, 7) is 0.399. The van der Waals surface area contributed by atoms with Gasteiger partial charge in [0, 0.05) is 10.6 Å². The van der Waals surface area contributed by atoms with E-state index in [9.17, 15) is 23.1 Å². The van der Waals surface area contributed by atoms with Gasteiger partial charge in [-0.3, -0.25) is 4.79 Å². The third-order valence-corrected chi connectivity index (χ3v) is 4.90. The monoisotopic (exact) mass is 353 g/mol. The van der Waals surface area contributed by atoms with Crippen LogP contribution in [0.4, 0.5) is 18.9 Å². The molecule has 3 nitrogen and oxygen atoms in total. The lowest BCUT2D eigenvalue weighted by Crippen LogP contribution is -2.52. The molecule has 0 saturated heterocycles. The van der Waals surface area contributed by atoms with Gasteiger partial charge in [-0.15, -0.1) is 11.8 Å². The molecule has 0 spiro atoms. The Morgan fingerprint density at radius 2 is 2.09 bits per heavy atom. The van der Waals surface area contributed by atoms with Gasteiger partial charge in [-0.05, 0) is 43.9 Å². The van der Waals surface area contributed by atoms with Crippen molar-refractivity contribution in [3.8, 4) is 0 Å². The third kappa shape index (κ3) is 4.08. The Kier molecular flexibility index (Phi) is 4.99. The van der Waals surface area contributed by atoms with Crippen LogP contribution in [0.5, 0.6) is 0 Å². The van der Waals surface area contributed by atoms with Crippen LogP contribution in [-0.4, -0.2) is 28.5 Å². The van der Waals surface area contributed by atoms with E-state index < -0.39 is 17.7 Å². The second kappa shape index (κ2) is 6.29. The molecule has 1 aromatic rings. The summed E-state index contributed by atoms with van der Waals surface area (Å²) in [7, 11) is 0. The fraction of sp³-hybridized carbons (Fsp3) is 0.500. The van der Waals surface area contributed by atoms with E-state index in [-0.39, 0.29) is 10.7 Å². The number of alkyl halides is 3. The maximum absolute atomic E-state index is 12.6. The molecule has 0 heterocycles.